The van der Waals surface area contributed by atoms with Crippen molar-refractivity contribution in [1.29, 1.82) is 0 Å². The third kappa shape index (κ3) is 3.83. The Morgan fingerprint density at radius 1 is 1.09 bits per heavy atom. The minimum atomic E-state index is -2.70. The number of imidazole rings is 1. The summed E-state index contributed by atoms with van der Waals surface area (Å²) in [5, 5.41) is 2.90. The first-order valence-corrected chi connectivity index (χ1v) is 10.3. The average Bonchev–Trinajstić information content (AvgIpc) is 3.44. The van der Waals surface area contributed by atoms with Crippen LogP contribution in [0, 0.1) is 5.92 Å². The molecule has 0 unspecified atom stereocenters. The summed E-state index contributed by atoms with van der Waals surface area (Å²) in [5.74, 6) is 0.308. The van der Waals surface area contributed by atoms with Crippen LogP contribution < -0.4 is 14.8 Å². The van der Waals surface area contributed by atoms with Crippen LogP contribution in [0.15, 0.2) is 36.4 Å². The van der Waals surface area contributed by atoms with Crippen LogP contribution in [-0.4, -0.2) is 46.6 Å². The fraction of sp³-hybridized carbons (Fsp3) is 0.318. The van der Waals surface area contributed by atoms with Crippen molar-refractivity contribution >= 4 is 28.5 Å². The fourth-order valence-electron chi connectivity index (χ4n) is 4.01. The molecule has 10 heteroatoms. The number of anilines is 1. The van der Waals surface area contributed by atoms with Crippen molar-refractivity contribution in [2.75, 3.05) is 25.2 Å². The van der Waals surface area contributed by atoms with E-state index in [4.69, 9.17) is 9.47 Å². The van der Waals surface area contributed by atoms with Crippen molar-refractivity contribution in [2.24, 2.45) is 5.92 Å². The second kappa shape index (κ2) is 8.10. The maximum Gasteiger partial charge on any atom is 0.295 e. The number of ether oxygens (including phenoxy) is 2. The predicted molar refractivity (Wildman–Crippen MR) is 111 cm³/mol. The SMILES string of the molecule is O=C(Nc1ccc2c(c1)OCO2)C1CCN(C(=O)c2ccc3nc(C(F)F)[nH]c3c2)CC1. The number of hydrogen-bond donors (Lipinski definition) is 2. The molecule has 0 atom stereocenters. The Labute approximate surface area is 181 Å². The number of H-pyrrole nitrogens is 1. The number of aromatic amines is 1. The van der Waals surface area contributed by atoms with Crippen LogP contribution in [0.4, 0.5) is 14.5 Å². The largest absolute Gasteiger partial charge is 0.454 e. The van der Waals surface area contributed by atoms with Gasteiger partial charge < -0.3 is 24.7 Å². The van der Waals surface area contributed by atoms with Crippen molar-refractivity contribution in [1.82, 2.24) is 14.9 Å². The summed E-state index contributed by atoms with van der Waals surface area (Å²) < 4.78 is 36.3. The number of alkyl halides is 2. The van der Waals surface area contributed by atoms with E-state index in [1.807, 2.05) is 0 Å². The van der Waals surface area contributed by atoms with Gasteiger partial charge in [0.25, 0.3) is 12.3 Å². The number of amides is 2. The molecule has 32 heavy (non-hydrogen) atoms. The number of halogens is 2. The highest BCUT2D eigenvalue weighted by molar-refractivity contribution is 5.98. The number of carbonyl (C=O) groups is 2. The number of carbonyl (C=O) groups excluding carboxylic acids is 2. The Morgan fingerprint density at radius 2 is 1.88 bits per heavy atom. The summed E-state index contributed by atoms with van der Waals surface area (Å²) in [5.41, 5.74) is 1.80. The van der Waals surface area contributed by atoms with Gasteiger partial charge in [-0.15, -0.1) is 0 Å². The topological polar surface area (TPSA) is 96.6 Å². The molecular weight excluding hydrogens is 422 g/mol. The molecule has 3 heterocycles. The maximum absolute atomic E-state index is 12.9. The molecule has 2 N–H and O–H groups in total. The van der Waals surface area contributed by atoms with Gasteiger partial charge in [0.05, 0.1) is 11.0 Å². The molecule has 2 aromatic carbocycles. The molecule has 5 rings (SSSR count). The third-order valence-corrected chi connectivity index (χ3v) is 5.75. The van der Waals surface area contributed by atoms with E-state index < -0.39 is 12.2 Å². The first-order chi connectivity index (χ1) is 15.5. The lowest BCUT2D eigenvalue weighted by molar-refractivity contribution is -0.121. The molecule has 166 valence electrons. The van der Waals surface area contributed by atoms with E-state index in [0.29, 0.717) is 59.7 Å². The van der Waals surface area contributed by atoms with E-state index in [1.54, 1.807) is 35.2 Å². The van der Waals surface area contributed by atoms with Gasteiger partial charge >= 0.3 is 0 Å². The van der Waals surface area contributed by atoms with Crippen LogP contribution in [0.1, 0.15) is 35.4 Å². The zero-order valence-electron chi connectivity index (χ0n) is 16.9. The molecule has 2 aliphatic heterocycles. The minimum Gasteiger partial charge on any atom is -0.454 e. The van der Waals surface area contributed by atoms with Gasteiger partial charge in [0.15, 0.2) is 17.3 Å². The lowest BCUT2D eigenvalue weighted by Crippen LogP contribution is -2.41. The molecule has 1 saturated heterocycles. The smallest absolute Gasteiger partial charge is 0.295 e. The molecule has 2 amide bonds. The number of rotatable bonds is 4. The van der Waals surface area contributed by atoms with Gasteiger partial charge in [-0.2, -0.15) is 0 Å². The van der Waals surface area contributed by atoms with E-state index in [2.05, 4.69) is 15.3 Å². The van der Waals surface area contributed by atoms with Crippen LogP contribution in [0.25, 0.3) is 11.0 Å². The summed E-state index contributed by atoms with van der Waals surface area (Å²) >= 11 is 0. The zero-order chi connectivity index (χ0) is 22.2. The van der Waals surface area contributed by atoms with Gasteiger partial charge in [-0.3, -0.25) is 9.59 Å². The summed E-state index contributed by atoms with van der Waals surface area (Å²) in [6.07, 6.45) is -1.64. The van der Waals surface area contributed by atoms with Crippen molar-refractivity contribution in [3.8, 4) is 11.5 Å². The standard InChI is InChI=1S/C22H20F2N4O4/c23-19(24)20-26-15-3-1-13(9-16(15)27-20)22(30)28-7-5-12(6-8-28)21(29)25-14-2-4-17-18(10-14)32-11-31-17/h1-4,9-10,12,19H,5-8,11H2,(H,25,29)(H,26,27). The Bertz CT molecular complexity index is 1190. The number of piperidine rings is 1. The zero-order valence-corrected chi connectivity index (χ0v) is 16.9. The Kier molecular flexibility index (Phi) is 5.12. The molecule has 8 nitrogen and oxygen atoms in total. The van der Waals surface area contributed by atoms with Gasteiger partial charge in [0.2, 0.25) is 12.7 Å². The summed E-state index contributed by atoms with van der Waals surface area (Å²) in [4.78, 5) is 33.6. The van der Waals surface area contributed by atoms with Crippen molar-refractivity contribution in [3.05, 3.63) is 47.8 Å². The number of nitrogens with one attached hydrogen (secondary N) is 2. The Hall–Kier alpha value is -3.69. The van der Waals surface area contributed by atoms with E-state index in [-0.39, 0.29) is 24.5 Å². The van der Waals surface area contributed by atoms with Gasteiger partial charge in [0, 0.05) is 36.3 Å². The van der Waals surface area contributed by atoms with Crippen LogP contribution in [0.2, 0.25) is 0 Å². The average molecular weight is 442 g/mol. The molecule has 3 aromatic rings. The number of fused-ring (bicyclic) bond motifs is 2. The number of nitrogens with zero attached hydrogens (tertiary/aromatic N) is 2. The fourth-order valence-corrected chi connectivity index (χ4v) is 4.01. The second-order valence-electron chi connectivity index (χ2n) is 7.78. The van der Waals surface area contributed by atoms with E-state index >= 15 is 0 Å². The predicted octanol–water partition coefficient (Wildman–Crippen LogP) is 3.72. The number of likely N-dealkylation sites (tertiary alicyclic amines) is 1. The molecule has 2 aliphatic rings. The summed E-state index contributed by atoms with van der Waals surface area (Å²) in [7, 11) is 0. The van der Waals surface area contributed by atoms with Gasteiger partial charge in [-0.1, -0.05) is 0 Å². The van der Waals surface area contributed by atoms with Crippen molar-refractivity contribution < 1.29 is 27.8 Å². The molecule has 0 saturated carbocycles. The highest BCUT2D eigenvalue weighted by Gasteiger charge is 2.28. The van der Waals surface area contributed by atoms with Crippen LogP contribution in [0.5, 0.6) is 11.5 Å². The van der Waals surface area contributed by atoms with Crippen molar-refractivity contribution in [2.45, 2.75) is 19.3 Å². The van der Waals surface area contributed by atoms with Gasteiger partial charge in [0.1, 0.15) is 0 Å². The highest BCUT2D eigenvalue weighted by Crippen LogP contribution is 2.34. The number of hydrogen-bond acceptors (Lipinski definition) is 5. The summed E-state index contributed by atoms with van der Waals surface area (Å²) in [6, 6.07) is 9.91. The minimum absolute atomic E-state index is 0.102. The van der Waals surface area contributed by atoms with Crippen LogP contribution in [-0.2, 0) is 4.79 Å². The van der Waals surface area contributed by atoms with Gasteiger partial charge in [-0.05, 0) is 43.2 Å². The third-order valence-electron chi connectivity index (χ3n) is 5.75. The quantitative estimate of drug-likeness (QED) is 0.642. The first kappa shape index (κ1) is 20.2. The lowest BCUT2D eigenvalue weighted by atomic mass is 9.95. The Balaban J connectivity index is 1.20. The number of aromatic nitrogens is 2. The van der Waals surface area contributed by atoms with Crippen LogP contribution in [0.3, 0.4) is 0 Å². The van der Waals surface area contributed by atoms with Crippen molar-refractivity contribution in [3.63, 3.8) is 0 Å². The first-order valence-electron chi connectivity index (χ1n) is 10.3. The maximum atomic E-state index is 12.9. The van der Waals surface area contributed by atoms with E-state index in [1.165, 1.54) is 6.07 Å². The normalized spacial score (nSPS) is 16.0. The second-order valence-corrected chi connectivity index (χ2v) is 7.78. The number of benzene rings is 2. The van der Waals surface area contributed by atoms with Gasteiger partial charge in [-0.25, -0.2) is 13.8 Å². The molecule has 1 fully saturated rings. The Morgan fingerprint density at radius 3 is 2.66 bits per heavy atom. The molecule has 0 radical (unpaired) electrons. The molecule has 1 aromatic heterocycles. The van der Waals surface area contributed by atoms with E-state index in [9.17, 15) is 18.4 Å². The lowest BCUT2D eigenvalue weighted by Gasteiger charge is -2.31. The molecular formula is C22H20F2N4O4. The summed E-state index contributed by atoms with van der Waals surface area (Å²) in [6.45, 7) is 1.03. The molecule has 0 spiro atoms. The molecule has 0 aliphatic carbocycles. The van der Waals surface area contributed by atoms with E-state index in [0.717, 1.165) is 0 Å². The van der Waals surface area contributed by atoms with Crippen LogP contribution >= 0.6 is 0 Å². The monoisotopic (exact) mass is 442 g/mol. The molecule has 0 bridgehead atoms. The highest BCUT2D eigenvalue weighted by atomic mass is 19.3.